The molecule has 0 radical (unpaired) electrons. The molecule has 0 aliphatic carbocycles. The third kappa shape index (κ3) is 10.0. The molecule has 0 spiro atoms. The topological polar surface area (TPSA) is 46.1 Å². The summed E-state index contributed by atoms with van der Waals surface area (Å²) in [5.41, 5.74) is 6.21. The van der Waals surface area contributed by atoms with Crippen LogP contribution in [0.3, 0.4) is 0 Å². The normalized spacial score (nSPS) is 15.2. The average Bonchev–Trinajstić information content (AvgIpc) is 3.01. The van der Waals surface area contributed by atoms with Crippen LogP contribution in [-0.4, -0.2) is 50.7 Å². The molecule has 226 valence electrons. The summed E-state index contributed by atoms with van der Waals surface area (Å²) >= 11 is 0. The van der Waals surface area contributed by atoms with Crippen molar-refractivity contribution in [3.05, 3.63) is 101 Å². The van der Waals surface area contributed by atoms with Crippen molar-refractivity contribution in [3.8, 4) is 16.9 Å². The lowest BCUT2D eigenvalue weighted by Crippen LogP contribution is -2.35. The predicted octanol–water partition coefficient (Wildman–Crippen LogP) is 8.37. The second-order valence-electron chi connectivity index (χ2n) is 10.4. The summed E-state index contributed by atoms with van der Waals surface area (Å²) in [5.74, 6) is 1.28. The van der Waals surface area contributed by atoms with Crippen LogP contribution in [0.25, 0.3) is 11.1 Å². The molecule has 0 bridgehead atoms. The van der Waals surface area contributed by atoms with Crippen molar-refractivity contribution < 1.29 is 13.9 Å². The highest BCUT2D eigenvalue weighted by Crippen LogP contribution is 2.30. The van der Waals surface area contributed by atoms with E-state index in [-0.39, 0.29) is 5.82 Å². The van der Waals surface area contributed by atoms with Crippen LogP contribution < -0.4 is 10.1 Å². The standard InChI is InChI=1S/C36H48FN3O2/c1-6-9-11-20-38-36(34-25-31(26-35(41-5)28(34)4)30-15-17-32(37)18-16-30)39-27-29(12-8-3)14-19-33(13-10-7-2)40-21-23-42-24-22-40/h11-20,25-26H,6-10,21-24,27H2,1-5H3,(H,38,39)/b19-14-,20-11+,29-12-,33-13-. The largest absolute Gasteiger partial charge is 0.496 e. The Balaban J connectivity index is 1.98. The van der Waals surface area contributed by atoms with Gasteiger partial charge in [-0.05, 0) is 79.4 Å². The molecule has 2 aromatic carbocycles. The lowest BCUT2D eigenvalue weighted by Gasteiger charge is -2.30. The highest BCUT2D eigenvalue weighted by Gasteiger charge is 2.15. The number of aliphatic imine (C=N–C) groups is 1. The van der Waals surface area contributed by atoms with Crippen LogP contribution in [0.1, 0.15) is 64.0 Å². The van der Waals surface area contributed by atoms with Crippen LogP contribution in [0.15, 0.2) is 89.2 Å². The molecule has 0 saturated carbocycles. The van der Waals surface area contributed by atoms with Gasteiger partial charge in [-0.3, -0.25) is 4.99 Å². The minimum atomic E-state index is -0.257. The van der Waals surface area contributed by atoms with Crippen LogP contribution in [0.2, 0.25) is 0 Å². The number of halogens is 1. The van der Waals surface area contributed by atoms with Gasteiger partial charge in [0, 0.05) is 29.9 Å². The van der Waals surface area contributed by atoms with Gasteiger partial charge in [0.2, 0.25) is 0 Å². The Morgan fingerprint density at radius 2 is 1.74 bits per heavy atom. The van der Waals surface area contributed by atoms with E-state index >= 15 is 0 Å². The van der Waals surface area contributed by atoms with E-state index in [0.717, 1.165) is 97.8 Å². The maximum Gasteiger partial charge on any atom is 0.133 e. The summed E-state index contributed by atoms with van der Waals surface area (Å²) in [7, 11) is 1.68. The maximum absolute atomic E-state index is 13.7. The van der Waals surface area contributed by atoms with Gasteiger partial charge < -0.3 is 19.7 Å². The fourth-order valence-electron chi connectivity index (χ4n) is 4.78. The fraction of sp³-hybridized carbons (Fsp3) is 0.417. The van der Waals surface area contributed by atoms with Crippen molar-refractivity contribution in [2.24, 2.45) is 4.99 Å². The maximum atomic E-state index is 13.7. The van der Waals surface area contributed by atoms with Crippen molar-refractivity contribution in [2.75, 3.05) is 40.0 Å². The van der Waals surface area contributed by atoms with Crippen molar-refractivity contribution in [1.29, 1.82) is 0 Å². The third-order valence-corrected chi connectivity index (χ3v) is 7.18. The zero-order valence-corrected chi connectivity index (χ0v) is 26.1. The summed E-state index contributed by atoms with van der Waals surface area (Å²) in [6, 6.07) is 10.6. The molecule has 1 aliphatic heterocycles. The minimum absolute atomic E-state index is 0.257. The molecule has 1 aliphatic rings. The summed E-state index contributed by atoms with van der Waals surface area (Å²) in [6.07, 6.45) is 18.2. The first-order valence-corrected chi connectivity index (χ1v) is 15.3. The van der Waals surface area contributed by atoms with Gasteiger partial charge in [-0.2, -0.15) is 0 Å². The molecule has 0 amide bonds. The smallest absolute Gasteiger partial charge is 0.133 e. The molecule has 0 atom stereocenters. The number of ether oxygens (including phenoxy) is 2. The first-order valence-electron chi connectivity index (χ1n) is 15.3. The van der Waals surface area contributed by atoms with E-state index in [2.05, 4.69) is 67.4 Å². The molecule has 1 heterocycles. The third-order valence-electron chi connectivity index (χ3n) is 7.18. The number of hydrogen-bond acceptors (Lipinski definition) is 4. The number of nitrogens with zero attached hydrogens (tertiary/aromatic N) is 2. The van der Waals surface area contributed by atoms with E-state index in [1.54, 1.807) is 19.2 Å². The predicted molar refractivity (Wildman–Crippen MR) is 175 cm³/mol. The summed E-state index contributed by atoms with van der Waals surface area (Å²) < 4.78 is 25.0. The lowest BCUT2D eigenvalue weighted by molar-refractivity contribution is 0.0552. The number of hydrogen-bond donors (Lipinski definition) is 1. The van der Waals surface area contributed by atoms with E-state index in [4.69, 9.17) is 14.5 Å². The Kier molecular flexibility index (Phi) is 14.1. The first kappa shape index (κ1) is 32.9. The molecule has 3 rings (SSSR count). The number of benzene rings is 2. The minimum Gasteiger partial charge on any atom is -0.496 e. The van der Waals surface area contributed by atoms with Gasteiger partial charge in [-0.1, -0.05) is 70.0 Å². The Hall–Kier alpha value is -3.64. The van der Waals surface area contributed by atoms with Crippen molar-refractivity contribution in [1.82, 2.24) is 10.2 Å². The van der Waals surface area contributed by atoms with E-state index in [0.29, 0.717) is 6.54 Å². The highest BCUT2D eigenvalue weighted by atomic mass is 19.1. The SMILES string of the molecule is CC/C=C(/C=C\C(=C\CCC)N1CCOCC1)CN=C(N/C=C/CCC)c1cc(-c2ccc(F)cc2)cc(OC)c1C. The molecular formula is C36H48FN3O2. The number of unbranched alkanes of at least 4 members (excludes halogenated alkanes) is 2. The number of morpholine rings is 1. The van der Waals surface area contributed by atoms with Gasteiger partial charge in [0.25, 0.3) is 0 Å². The molecule has 5 nitrogen and oxygen atoms in total. The lowest BCUT2D eigenvalue weighted by atomic mass is 9.97. The van der Waals surface area contributed by atoms with E-state index in [1.807, 2.05) is 19.2 Å². The molecular weight excluding hydrogens is 525 g/mol. The Bertz CT molecular complexity index is 1270. The van der Waals surface area contributed by atoms with E-state index < -0.39 is 0 Å². The zero-order chi connectivity index (χ0) is 30.2. The molecule has 1 saturated heterocycles. The Labute approximate surface area is 252 Å². The van der Waals surface area contributed by atoms with Crippen LogP contribution in [0.4, 0.5) is 4.39 Å². The van der Waals surface area contributed by atoms with Crippen molar-refractivity contribution in [2.45, 2.75) is 59.8 Å². The fourth-order valence-corrected chi connectivity index (χ4v) is 4.78. The van der Waals surface area contributed by atoms with Crippen LogP contribution in [-0.2, 0) is 4.74 Å². The number of methoxy groups -OCH3 is 1. The summed E-state index contributed by atoms with van der Waals surface area (Å²) in [4.78, 5) is 7.52. The summed E-state index contributed by atoms with van der Waals surface area (Å²) in [5, 5.41) is 3.46. The Morgan fingerprint density at radius 1 is 1.00 bits per heavy atom. The number of allylic oxidation sites excluding steroid dienone is 4. The van der Waals surface area contributed by atoms with Gasteiger partial charge in [0.1, 0.15) is 17.4 Å². The second kappa shape index (κ2) is 18.0. The van der Waals surface area contributed by atoms with Gasteiger partial charge in [0.05, 0.1) is 26.9 Å². The number of nitrogens with one attached hydrogen (secondary N) is 1. The van der Waals surface area contributed by atoms with Gasteiger partial charge in [-0.15, -0.1) is 0 Å². The monoisotopic (exact) mass is 573 g/mol. The first-order chi connectivity index (χ1) is 20.5. The van der Waals surface area contributed by atoms with Crippen molar-refractivity contribution >= 4 is 5.84 Å². The van der Waals surface area contributed by atoms with Crippen molar-refractivity contribution in [3.63, 3.8) is 0 Å². The molecule has 0 unspecified atom stereocenters. The molecule has 1 N–H and O–H groups in total. The van der Waals surface area contributed by atoms with Gasteiger partial charge in [0.15, 0.2) is 0 Å². The summed E-state index contributed by atoms with van der Waals surface area (Å²) in [6.45, 7) is 12.4. The number of amidine groups is 1. The highest BCUT2D eigenvalue weighted by molar-refractivity contribution is 6.02. The quantitative estimate of drug-likeness (QED) is 0.140. The van der Waals surface area contributed by atoms with Crippen LogP contribution in [0, 0.1) is 12.7 Å². The van der Waals surface area contributed by atoms with Crippen LogP contribution >= 0.6 is 0 Å². The van der Waals surface area contributed by atoms with Gasteiger partial charge in [-0.25, -0.2) is 4.39 Å². The van der Waals surface area contributed by atoms with Gasteiger partial charge >= 0.3 is 0 Å². The van der Waals surface area contributed by atoms with E-state index in [9.17, 15) is 4.39 Å². The molecule has 42 heavy (non-hydrogen) atoms. The second-order valence-corrected chi connectivity index (χ2v) is 10.4. The molecule has 6 heteroatoms. The number of rotatable bonds is 14. The molecule has 1 fully saturated rings. The molecule has 2 aromatic rings. The molecule has 0 aromatic heterocycles. The van der Waals surface area contributed by atoms with Crippen LogP contribution in [0.5, 0.6) is 5.75 Å². The van der Waals surface area contributed by atoms with E-state index in [1.165, 1.54) is 17.8 Å². The Morgan fingerprint density at radius 3 is 2.40 bits per heavy atom. The average molecular weight is 574 g/mol. The zero-order valence-electron chi connectivity index (χ0n) is 26.1.